The van der Waals surface area contributed by atoms with Crippen molar-refractivity contribution in [1.82, 2.24) is 5.32 Å². The maximum atomic E-state index is 5.67. The summed E-state index contributed by atoms with van der Waals surface area (Å²) < 4.78 is 11.2. The van der Waals surface area contributed by atoms with E-state index in [2.05, 4.69) is 31.3 Å². The molecule has 3 heteroatoms. The monoisotopic (exact) mass is 247 g/mol. The zero-order valence-electron chi connectivity index (χ0n) is 11.2. The highest BCUT2D eigenvalue weighted by Crippen LogP contribution is 2.55. The van der Waals surface area contributed by atoms with Gasteiger partial charge in [-0.25, -0.2) is 0 Å². The maximum absolute atomic E-state index is 5.67. The van der Waals surface area contributed by atoms with E-state index in [1.807, 2.05) is 6.07 Å². The third-order valence-corrected chi connectivity index (χ3v) is 4.04. The Hall–Kier alpha value is -1.22. The predicted molar refractivity (Wildman–Crippen MR) is 71.2 cm³/mol. The van der Waals surface area contributed by atoms with Crippen molar-refractivity contribution in [3.05, 3.63) is 23.8 Å². The quantitative estimate of drug-likeness (QED) is 0.887. The molecule has 0 saturated heterocycles. The van der Waals surface area contributed by atoms with E-state index in [1.165, 1.54) is 18.4 Å². The Morgan fingerprint density at radius 2 is 1.94 bits per heavy atom. The summed E-state index contributed by atoms with van der Waals surface area (Å²) in [6, 6.07) is 6.79. The first-order valence-corrected chi connectivity index (χ1v) is 6.86. The second-order valence-electron chi connectivity index (χ2n) is 5.55. The molecule has 0 spiro atoms. The molecule has 18 heavy (non-hydrogen) atoms. The van der Waals surface area contributed by atoms with Crippen LogP contribution >= 0.6 is 0 Å². The van der Waals surface area contributed by atoms with Gasteiger partial charge < -0.3 is 14.8 Å². The normalized spacial score (nSPS) is 21.4. The Balaban J connectivity index is 1.89. The highest BCUT2D eigenvalue weighted by Gasteiger charge is 2.45. The predicted octanol–water partition coefficient (Wildman–Crippen LogP) is 2.91. The molecule has 1 aromatic rings. The van der Waals surface area contributed by atoms with Gasteiger partial charge in [0.2, 0.25) is 0 Å². The zero-order valence-corrected chi connectivity index (χ0v) is 11.2. The van der Waals surface area contributed by atoms with Crippen LogP contribution in [-0.4, -0.2) is 19.8 Å². The molecule has 0 amide bonds. The molecule has 3 nitrogen and oxygen atoms in total. The van der Waals surface area contributed by atoms with Crippen molar-refractivity contribution in [2.24, 2.45) is 5.41 Å². The first kappa shape index (κ1) is 11.8. The fourth-order valence-electron chi connectivity index (χ4n) is 2.70. The molecule has 98 valence electrons. The number of ether oxygens (including phenoxy) is 2. The van der Waals surface area contributed by atoms with Crippen LogP contribution in [0.25, 0.3) is 0 Å². The molecule has 1 fully saturated rings. The summed E-state index contributed by atoms with van der Waals surface area (Å²) in [6.45, 7) is 6.82. The van der Waals surface area contributed by atoms with Crippen LogP contribution < -0.4 is 14.8 Å². The average molecular weight is 247 g/mol. The number of nitrogens with one attached hydrogen (secondary N) is 1. The van der Waals surface area contributed by atoms with Crippen LogP contribution in [0.15, 0.2) is 18.2 Å². The van der Waals surface area contributed by atoms with Gasteiger partial charge in [-0.3, -0.25) is 0 Å². The standard InChI is InChI=1S/C15H21NO2/c1-3-16-14(15(2)6-7-15)11-4-5-12-13(10-11)18-9-8-17-12/h4-5,10,14,16H,3,6-9H2,1-2H3. The molecule has 0 radical (unpaired) electrons. The summed E-state index contributed by atoms with van der Waals surface area (Å²) in [4.78, 5) is 0. The van der Waals surface area contributed by atoms with Gasteiger partial charge in [0.05, 0.1) is 0 Å². The molecule has 1 unspecified atom stereocenters. The lowest BCUT2D eigenvalue weighted by Crippen LogP contribution is -2.28. The van der Waals surface area contributed by atoms with Crippen LogP contribution in [0, 0.1) is 5.41 Å². The van der Waals surface area contributed by atoms with E-state index in [0.29, 0.717) is 24.7 Å². The molecule has 2 aliphatic rings. The molecule has 1 aliphatic heterocycles. The summed E-state index contributed by atoms with van der Waals surface area (Å²) in [5.41, 5.74) is 1.74. The summed E-state index contributed by atoms with van der Waals surface area (Å²) in [6.07, 6.45) is 2.61. The van der Waals surface area contributed by atoms with Gasteiger partial charge in [-0.05, 0) is 42.5 Å². The molecule has 1 heterocycles. The molecule has 1 atom stereocenters. The van der Waals surface area contributed by atoms with Crippen molar-refractivity contribution in [3.63, 3.8) is 0 Å². The Bertz CT molecular complexity index is 440. The molecule has 0 aromatic heterocycles. The van der Waals surface area contributed by atoms with Crippen LogP contribution in [0.4, 0.5) is 0 Å². The van der Waals surface area contributed by atoms with Gasteiger partial charge in [-0.2, -0.15) is 0 Å². The van der Waals surface area contributed by atoms with E-state index in [-0.39, 0.29) is 0 Å². The van der Waals surface area contributed by atoms with Crippen molar-refractivity contribution in [2.75, 3.05) is 19.8 Å². The molecule has 0 bridgehead atoms. The van der Waals surface area contributed by atoms with Gasteiger partial charge in [-0.15, -0.1) is 0 Å². The third-order valence-electron chi connectivity index (χ3n) is 4.04. The minimum Gasteiger partial charge on any atom is -0.486 e. The van der Waals surface area contributed by atoms with E-state index < -0.39 is 0 Å². The van der Waals surface area contributed by atoms with Gasteiger partial charge in [0.15, 0.2) is 11.5 Å². The molecule has 1 N–H and O–H groups in total. The van der Waals surface area contributed by atoms with Gasteiger partial charge >= 0.3 is 0 Å². The number of hydrogen-bond donors (Lipinski definition) is 1. The van der Waals surface area contributed by atoms with Crippen LogP contribution in [0.3, 0.4) is 0 Å². The maximum Gasteiger partial charge on any atom is 0.161 e. The van der Waals surface area contributed by atoms with Crippen molar-refractivity contribution in [2.45, 2.75) is 32.7 Å². The van der Waals surface area contributed by atoms with Gasteiger partial charge in [0.1, 0.15) is 13.2 Å². The highest BCUT2D eigenvalue weighted by molar-refractivity contribution is 5.45. The Labute approximate surface area is 108 Å². The van der Waals surface area contributed by atoms with Crippen molar-refractivity contribution in [1.29, 1.82) is 0 Å². The summed E-state index contributed by atoms with van der Waals surface area (Å²) in [7, 11) is 0. The highest BCUT2D eigenvalue weighted by atomic mass is 16.6. The molecular weight excluding hydrogens is 226 g/mol. The van der Waals surface area contributed by atoms with E-state index in [9.17, 15) is 0 Å². The number of benzene rings is 1. The van der Waals surface area contributed by atoms with Crippen LogP contribution in [0.2, 0.25) is 0 Å². The smallest absolute Gasteiger partial charge is 0.161 e. The van der Waals surface area contributed by atoms with Gasteiger partial charge in [0.25, 0.3) is 0 Å². The van der Waals surface area contributed by atoms with Crippen molar-refractivity contribution < 1.29 is 9.47 Å². The first-order valence-electron chi connectivity index (χ1n) is 6.86. The van der Waals surface area contributed by atoms with Gasteiger partial charge in [-0.1, -0.05) is 19.9 Å². The molecule has 1 aliphatic carbocycles. The van der Waals surface area contributed by atoms with Crippen LogP contribution in [0.5, 0.6) is 11.5 Å². The van der Waals surface area contributed by atoms with Crippen LogP contribution in [-0.2, 0) is 0 Å². The Morgan fingerprint density at radius 3 is 2.61 bits per heavy atom. The zero-order chi connectivity index (χ0) is 12.6. The molecular formula is C15H21NO2. The third kappa shape index (κ3) is 2.07. The Morgan fingerprint density at radius 1 is 1.22 bits per heavy atom. The Kier molecular flexibility index (Phi) is 2.94. The minimum atomic E-state index is 0.416. The van der Waals surface area contributed by atoms with Crippen LogP contribution in [0.1, 0.15) is 38.3 Å². The summed E-state index contributed by atoms with van der Waals surface area (Å²) in [5, 5.41) is 3.61. The van der Waals surface area contributed by atoms with Crippen molar-refractivity contribution >= 4 is 0 Å². The molecule has 1 saturated carbocycles. The minimum absolute atomic E-state index is 0.416. The lowest BCUT2D eigenvalue weighted by atomic mass is 9.91. The summed E-state index contributed by atoms with van der Waals surface area (Å²) in [5.74, 6) is 1.77. The topological polar surface area (TPSA) is 30.5 Å². The largest absolute Gasteiger partial charge is 0.486 e. The first-order chi connectivity index (χ1) is 8.73. The van der Waals surface area contributed by atoms with Gasteiger partial charge in [0, 0.05) is 6.04 Å². The number of hydrogen-bond acceptors (Lipinski definition) is 3. The number of rotatable bonds is 4. The van der Waals surface area contributed by atoms with E-state index in [0.717, 1.165) is 18.0 Å². The summed E-state index contributed by atoms with van der Waals surface area (Å²) >= 11 is 0. The lowest BCUT2D eigenvalue weighted by Gasteiger charge is -2.27. The van der Waals surface area contributed by atoms with Crippen molar-refractivity contribution in [3.8, 4) is 11.5 Å². The second-order valence-corrected chi connectivity index (χ2v) is 5.55. The molecule has 3 rings (SSSR count). The van der Waals surface area contributed by atoms with E-state index in [1.54, 1.807) is 0 Å². The number of fused-ring (bicyclic) bond motifs is 1. The average Bonchev–Trinajstić information content (AvgIpc) is 3.14. The second kappa shape index (κ2) is 4.47. The fourth-order valence-corrected chi connectivity index (χ4v) is 2.70. The van der Waals surface area contributed by atoms with E-state index >= 15 is 0 Å². The van der Waals surface area contributed by atoms with E-state index in [4.69, 9.17) is 9.47 Å². The fraction of sp³-hybridized carbons (Fsp3) is 0.600. The lowest BCUT2D eigenvalue weighted by molar-refractivity contribution is 0.171. The SMILES string of the molecule is CCNC(c1ccc2c(c1)OCCO2)C1(C)CC1. The molecule has 1 aromatic carbocycles.